The molecular weight excluding hydrogens is 352 g/mol. The highest BCUT2D eigenvalue weighted by atomic mass is 32.2. The van der Waals surface area contributed by atoms with Gasteiger partial charge in [0.1, 0.15) is 0 Å². The Morgan fingerprint density at radius 2 is 1.00 bits per heavy atom. The van der Waals surface area contributed by atoms with E-state index in [4.69, 9.17) is 0 Å². The van der Waals surface area contributed by atoms with Crippen LogP contribution in [0.2, 0.25) is 0 Å². The number of rotatable bonds is 0. The first-order chi connectivity index (χ1) is 12.7. The van der Waals surface area contributed by atoms with Gasteiger partial charge in [-0.25, -0.2) is 0 Å². The quantitative estimate of drug-likeness (QED) is 0.253. The second-order valence-electron chi connectivity index (χ2n) is 7.20. The van der Waals surface area contributed by atoms with Gasteiger partial charge in [0.25, 0.3) is 0 Å². The van der Waals surface area contributed by atoms with E-state index in [2.05, 4.69) is 74.5 Å². The van der Waals surface area contributed by atoms with E-state index in [1.807, 2.05) is 22.7 Å². The highest BCUT2D eigenvalue weighted by Crippen LogP contribution is 2.47. The van der Waals surface area contributed by atoms with Crippen molar-refractivity contribution in [2.45, 2.75) is 13.8 Å². The summed E-state index contributed by atoms with van der Waals surface area (Å²) in [4.78, 5) is 0. The predicted octanol–water partition coefficient (Wildman–Crippen LogP) is 8.19. The predicted molar refractivity (Wildman–Crippen MR) is 119 cm³/mol. The van der Waals surface area contributed by atoms with E-state index in [1.165, 1.54) is 62.2 Å². The molecular formula is C24H16S2. The lowest BCUT2D eigenvalue weighted by atomic mass is 10.0. The molecule has 124 valence electrons. The van der Waals surface area contributed by atoms with E-state index in [0.29, 0.717) is 0 Å². The molecule has 0 saturated heterocycles. The Kier molecular flexibility index (Phi) is 2.87. The van der Waals surface area contributed by atoms with Crippen LogP contribution in [0.3, 0.4) is 0 Å². The van der Waals surface area contributed by atoms with Crippen LogP contribution in [0, 0.1) is 13.8 Å². The van der Waals surface area contributed by atoms with Crippen molar-refractivity contribution in [3.63, 3.8) is 0 Å². The summed E-state index contributed by atoms with van der Waals surface area (Å²) < 4.78 is 4.29. The Bertz CT molecular complexity index is 1380. The van der Waals surface area contributed by atoms with Gasteiger partial charge in [0.15, 0.2) is 0 Å². The zero-order valence-electron chi connectivity index (χ0n) is 14.6. The van der Waals surface area contributed by atoms with Crippen molar-refractivity contribution in [3.05, 3.63) is 71.8 Å². The van der Waals surface area contributed by atoms with E-state index in [9.17, 15) is 0 Å². The van der Waals surface area contributed by atoms with Crippen LogP contribution in [0.25, 0.3) is 51.1 Å². The third-order valence-electron chi connectivity index (χ3n) is 5.38. The number of thiophene rings is 2. The van der Waals surface area contributed by atoms with Crippen molar-refractivity contribution in [1.29, 1.82) is 0 Å². The fourth-order valence-electron chi connectivity index (χ4n) is 4.13. The normalized spacial score (nSPS) is 12.2. The summed E-state index contributed by atoms with van der Waals surface area (Å²) in [5.74, 6) is 0. The average Bonchev–Trinajstić information content (AvgIpc) is 3.17. The lowest BCUT2D eigenvalue weighted by molar-refractivity contribution is 1.51. The van der Waals surface area contributed by atoms with Crippen molar-refractivity contribution in [1.82, 2.24) is 0 Å². The first-order valence-electron chi connectivity index (χ1n) is 8.86. The van der Waals surface area contributed by atoms with Crippen LogP contribution in [0.4, 0.5) is 0 Å². The molecule has 0 unspecified atom stereocenters. The second-order valence-corrected chi connectivity index (χ2v) is 9.50. The maximum absolute atomic E-state index is 2.32. The lowest BCUT2D eigenvalue weighted by Crippen LogP contribution is -1.77. The zero-order chi connectivity index (χ0) is 17.4. The van der Waals surface area contributed by atoms with Gasteiger partial charge in [-0.3, -0.25) is 0 Å². The number of hydrogen-bond acceptors (Lipinski definition) is 2. The standard InChI is InChI=1S/C24H16S2/c1-13-3-7-17-15(11-13)5-9-19-21-20-10-6-16-12-14(2)4-8-18(16)23(20)26-24(21)25-22(17)19/h3-12H,1-2H3. The molecule has 0 nitrogen and oxygen atoms in total. The maximum atomic E-state index is 2.32. The Labute approximate surface area is 159 Å². The van der Waals surface area contributed by atoms with Crippen molar-refractivity contribution in [2.24, 2.45) is 0 Å². The lowest BCUT2D eigenvalue weighted by Gasteiger charge is -2.03. The minimum Gasteiger partial charge on any atom is -0.123 e. The van der Waals surface area contributed by atoms with E-state index >= 15 is 0 Å². The molecule has 26 heavy (non-hydrogen) atoms. The second kappa shape index (κ2) is 5.06. The number of aryl methyl sites for hydroxylation is 2. The van der Waals surface area contributed by atoms with Gasteiger partial charge >= 0.3 is 0 Å². The maximum Gasteiger partial charge on any atom is 0.0890 e. The molecule has 2 aromatic heterocycles. The summed E-state index contributed by atoms with van der Waals surface area (Å²) >= 11 is 3.91. The van der Waals surface area contributed by atoms with Crippen molar-refractivity contribution < 1.29 is 0 Å². The summed E-state index contributed by atoms with van der Waals surface area (Å²) in [6, 6.07) is 22.8. The monoisotopic (exact) mass is 368 g/mol. The molecule has 4 aromatic carbocycles. The molecule has 0 aliphatic heterocycles. The fourth-order valence-corrected chi connectivity index (χ4v) is 6.96. The molecule has 2 heterocycles. The van der Waals surface area contributed by atoms with E-state index in [-0.39, 0.29) is 0 Å². The van der Waals surface area contributed by atoms with Crippen LogP contribution in [0.5, 0.6) is 0 Å². The first-order valence-corrected chi connectivity index (χ1v) is 10.5. The van der Waals surface area contributed by atoms with Gasteiger partial charge in [0.05, 0.1) is 4.01 Å². The third kappa shape index (κ3) is 1.89. The third-order valence-corrected chi connectivity index (χ3v) is 7.95. The molecule has 0 aliphatic carbocycles. The smallest absolute Gasteiger partial charge is 0.0890 e. The van der Waals surface area contributed by atoms with E-state index in [0.717, 1.165) is 0 Å². The highest BCUT2D eigenvalue weighted by molar-refractivity contribution is 7.45. The van der Waals surface area contributed by atoms with Crippen LogP contribution >= 0.6 is 22.7 Å². The molecule has 0 radical (unpaired) electrons. The van der Waals surface area contributed by atoms with Gasteiger partial charge in [0.2, 0.25) is 0 Å². The molecule has 6 aromatic rings. The topological polar surface area (TPSA) is 0 Å². The van der Waals surface area contributed by atoms with Gasteiger partial charge in [-0.15, -0.1) is 22.7 Å². The minimum absolute atomic E-state index is 1.32. The number of fused-ring (bicyclic) bond motifs is 9. The minimum atomic E-state index is 1.32. The average molecular weight is 369 g/mol. The van der Waals surface area contributed by atoms with Gasteiger partial charge < -0.3 is 0 Å². The Hall–Kier alpha value is -2.42. The van der Waals surface area contributed by atoms with Gasteiger partial charge in [-0.2, -0.15) is 0 Å². The Morgan fingerprint density at radius 3 is 1.50 bits per heavy atom. The zero-order valence-corrected chi connectivity index (χ0v) is 16.2. The first kappa shape index (κ1) is 14.7. The highest BCUT2D eigenvalue weighted by Gasteiger charge is 2.15. The molecule has 0 atom stereocenters. The van der Waals surface area contributed by atoms with Crippen molar-refractivity contribution in [2.75, 3.05) is 0 Å². The van der Waals surface area contributed by atoms with Crippen LogP contribution < -0.4 is 0 Å². The van der Waals surface area contributed by atoms with E-state index in [1.54, 1.807) is 0 Å². The van der Waals surface area contributed by atoms with Crippen LogP contribution in [0.1, 0.15) is 11.1 Å². The molecule has 0 N–H and O–H groups in total. The molecule has 0 spiro atoms. The molecule has 0 amide bonds. The summed E-state index contributed by atoms with van der Waals surface area (Å²) in [6.45, 7) is 4.33. The van der Waals surface area contributed by atoms with Crippen molar-refractivity contribution in [3.8, 4) is 0 Å². The largest absolute Gasteiger partial charge is 0.123 e. The van der Waals surface area contributed by atoms with Crippen molar-refractivity contribution >= 4 is 73.8 Å². The number of benzene rings is 4. The molecule has 0 fully saturated rings. The van der Waals surface area contributed by atoms with E-state index < -0.39 is 0 Å². The number of hydrogen-bond donors (Lipinski definition) is 0. The molecule has 6 rings (SSSR count). The van der Waals surface area contributed by atoms with Gasteiger partial charge in [-0.05, 0) is 35.4 Å². The summed E-state index contributed by atoms with van der Waals surface area (Å²) in [5.41, 5.74) is 2.64. The molecule has 0 aliphatic rings. The molecule has 0 saturated carbocycles. The summed E-state index contributed by atoms with van der Waals surface area (Å²) in [6.07, 6.45) is 0. The molecule has 0 bridgehead atoms. The van der Waals surface area contributed by atoms with Crippen LogP contribution in [0.15, 0.2) is 60.7 Å². The van der Waals surface area contributed by atoms with Gasteiger partial charge in [-0.1, -0.05) is 71.8 Å². The fraction of sp³-hybridized carbons (Fsp3) is 0.0833. The SMILES string of the molecule is Cc1ccc2c(ccc3c2sc2sc4c5ccc(C)cc5ccc4c23)c1. The summed E-state index contributed by atoms with van der Waals surface area (Å²) in [7, 11) is 0. The molecule has 2 heteroatoms. The van der Waals surface area contributed by atoms with Crippen LogP contribution in [-0.2, 0) is 0 Å². The van der Waals surface area contributed by atoms with Gasteiger partial charge in [0, 0.05) is 25.6 Å². The summed E-state index contributed by atoms with van der Waals surface area (Å²) in [5, 5.41) is 9.69. The Morgan fingerprint density at radius 1 is 0.538 bits per heavy atom. The Balaban J connectivity index is 1.80. The van der Waals surface area contributed by atoms with Crippen LogP contribution in [-0.4, -0.2) is 0 Å².